The van der Waals surface area contributed by atoms with E-state index < -0.39 is 22.0 Å². The molecule has 7 nitrogen and oxygen atoms in total. The number of hydrogen-bond donors (Lipinski definition) is 1. The molecule has 0 spiro atoms. The first-order chi connectivity index (χ1) is 10.8. The highest BCUT2D eigenvalue weighted by molar-refractivity contribution is 7.90. The predicted molar refractivity (Wildman–Crippen MR) is 83.3 cm³/mol. The van der Waals surface area contributed by atoms with Crippen molar-refractivity contribution in [3.05, 3.63) is 11.5 Å². The van der Waals surface area contributed by atoms with Gasteiger partial charge in [0.25, 0.3) is 15.9 Å². The number of sulfonamides is 1. The number of amides is 1. The SMILES string of the molecule is Cc1noc(C)c1S(=O)(=O)NC(=O)[C@@H](C)OC1CCCCCC1. The summed E-state index contributed by atoms with van der Waals surface area (Å²) < 4.78 is 37.3. The van der Waals surface area contributed by atoms with Gasteiger partial charge in [-0.05, 0) is 33.6 Å². The zero-order chi connectivity index (χ0) is 17.0. The Labute approximate surface area is 136 Å². The Morgan fingerprint density at radius 1 is 1.26 bits per heavy atom. The van der Waals surface area contributed by atoms with Gasteiger partial charge in [-0.25, -0.2) is 13.1 Å². The summed E-state index contributed by atoms with van der Waals surface area (Å²) in [6.45, 7) is 4.58. The van der Waals surface area contributed by atoms with Crippen molar-refractivity contribution in [1.29, 1.82) is 0 Å². The summed E-state index contributed by atoms with van der Waals surface area (Å²) in [5.41, 5.74) is 0.222. The van der Waals surface area contributed by atoms with Crippen LogP contribution < -0.4 is 4.72 Å². The molecule has 1 aliphatic carbocycles. The topological polar surface area (TPSA) is 98.5 Å². The van der Waals surface area contributed by atoms with Crippen molar-refractivity contribution < 1.29 is 22.5 Å². The molecule has 130 valence electrons. The van der Waals surface area contributed by atoms with E-state index in [-0.39, 0.29) is 22.5 Å². The van der Waals surface area contributed by atoms with Crippen LogP contribution in [0.1, 0.15) is 56.9 Å². The van der Waals surface area contributed by atoms with E-state index in [1.165, 1.54) is 26.7 Å². The van der Waals surface area contributed by atoms with E-state index in [4.69, 9.17) is 9.26 Å². The average molecular weight is 344 g/mol. The zero-order valence-electron chi connectivity index (χ0n) is 13.8. The summed E-state index contributed by atoms with van der Waals surface area (Å²) in [6.07, 6.45) is 5.53. The molecule has 8 heteroatoms. The second kappa shape index (κ2) is 7.44. The molecule has 1 aromatic rings. The van der Waals surface area contributed by atoms with Crippen LogP contribution in [-0.2, 0) is 19.6 Å². The van der Waals surface area contributed by atoms with Crippen LogP contribution in [0.4, 0.5) is 0 Å². The van der Waals surface area contributed by atoms with E-state index in [1.807, 2.05) is 0 Å². The minimum atomic E-state index is -4.01. The van der Waals surface area contributed by atoms with Crippen molar-refractivity contribution in [2.45, 2.75) is 76.4 Å². The standard InChI is InChI=1S/C15H24N2O5S/c1-10-14(11(2)22-16-10)23(19,20)17-15(18)12(3)21-13-8-6-4-5-7-9-13/h12-13H,4-9H2,1-3H3,(H,17,18)/t12-/m1/s1. The Kier molecular flexibility index (Phi) is 5.80. The van der Waals surface area contributed by atoms with Gasteiger partial charge in [-0.15, -0.1) is 0 Å². The third kappa shape index (κ3) is 4.54. The van der Waals surface area contributed by atoms with Gasteiger partial charge in [0.15, 0.2) is 10.7 Å². The van der Waals surface area contributed by atoms with E-state index in [9.17, 15) is 13.2 Å². The van der Waals surface area contributed by atoms with E-state index in [0.717, 1.165) is 25.7 Å². The second-order valence-electron chi connectivity index (χ2n) is 6.01. The summed E-state index contributed by atoms with van der Waals surface area (Å²) in [7, 11) is -4.01. The minimum Gasteiger partial charge on any atom is -0.365 e. The van der Waals surface area contributed by atoms with Crippen LogP contribution >= 0.6 is 0 Å². The first-order valence-electron chi connectivity index (χ1n) is 7.96. The summed E-state index contributed by atoms with van der Waals surface area (Å²) in [6, 6.07) is 0. The lowest BCUT2D eigenvalue weighted by atomic mass is 10.1. The van der Waals surface area contributed by atoms with Crippen LogP contribution in [0.5, 0.6) is 0 Å². The number of nitrogens with zero attached hydrogens (tertiary/aromatic N) is 1. The van der Waals surface area contributed by atoms with Crippen LogP contribution in [0.15, 0.2) is 9.42 Å². The molecule has 0 unspecified atom stereocenters. The van der Waals surface area contributed by atoms with E-state index >= 15 is 0 Å². The summed E-state index contributed by atoms with van der Waals surface area (Å²) in [4.78, 5) is 12.1. The van der Waals surface area contributed by atoms with Gasteiger partial charge in [0, 0.05) is 0 Å². The molecule has 1 N–H and O–H groups in total. The fourth-order valence-electron chi connectivity index (χ4n) is 2.85. The Morgan fingerprint density at radius 2 is 1.87 bits per heavy atom. The molecule has 1 fully saturated rings. The molecule has 1 amide bonds. The maximum absolute atomic E-state index is 12.3. The lowest BCUT2D eigenvalue weighted by Gasteiger charge is -2.20. The fraction of sp³-hybridized carbons (Fsp3) is 0.733. The Morgan fingerprint density at radius 3 is 2.39 bits per heavy atom. The van der Waals surface area contributed by atoms with Crippen LogP contribution in [0.25, 0.3) is 0 Å². The number of hydrogen-bond acceptors (Lipinski definition) is 6. The molecule has 1 aromatic heterocycles. The molecule has 1 atom stereocenters. The lowest BCUT2D eigenvalue weighted by Crippen LogP contribution is -2.40. The zero-order valence-corrected chi connectivity index (χ0v) is 14.6. The molecule has 23 heavy (non-hydrogen) atoms. The normalized spacial score (nSPS) is 18.4. The largest absolute Gasteiger partial charge is 0.365 e. The van der Waals surface area contributed by atoms with Crippen molar-refractivity contribution >= 4 is 15.9 Å². The molecule has 0 aromatic carbocycles. The number of rotatable bonds is 5. The van der Waals surface area contributed by atoms with Crippen molar-refractivity contribution in [3.8, 4) is 0 Å². The molecule has 0 aliphatic heterocycles. The fourth-order valence-corrected chi connectivity index (χ4v) is 4.23. The van der Waals surface area contributed by atoms with E-state index in [2.05, 4.69) is 9.88 Å². The number of nitrogens with one attached hydrogen (secondary N) is 1. The van der Waals surface area contributed by atoms with Crippen LogP contribution in [0.3, 0.4) is 0 Å². The van der Waals surface area contributed by atoms with Gasteiger partial charge in [-0.2, -0.15) is 0 Å². The van der Waals surface area contributed by atoms with Gasteiger partial charge in [0.2, 0.25) is 0 Å². The molecule has 1 heterocycles. The molecule has 0 bridgehead atoms. The van der Waals surface area contributed by atoms with Gasteiger partial charge >= 0.3 is 0 Å². The monoisotopic (exact) mass is 344 g/mol. The van der Waals surface area contributed by atoms with Crippen LogP contribution in [0.2, 0.25) is 0 Å². The highest BCUT2D eigenvalue weighted by Gasteiger charge is 2.29. The van der Waals surface area contributed by atoms with Crippen LogP contribution in [0, 0.1) is 13.8 Å². The third-order valence-corrected chi connectivity index (χ3v) is 5.63. The van der Waals surface area contributed by atoms with Crippen molar-refractivity contribution in [3.63, 3.8) is 0 Å². The second-order valence-corrected chi connectivity index (χ2v) is 7.63. The quantitative estimate of drug-likeness (QED) is 0.822. The number of aryl methyl sites for hydroxylation is 2. The molecule has 0 radical (unpaired) electrons. The summed E-state index contributed by atoms with van der Waals surface area (Å²) >= 11 is 0. The van der Waals surface area contributed by atoms with Gasteiger partial charge in [-0.3, -0.25) is 4.79 Å². The van der Waals surface area contributed by atoms with Gasteiger partial charge < -0.3 is 9.26 Å². The highest BCUT2D eigenvalue weighted by atomic mass is 32.2. The number of carbonyl (C=O) groups excluding carboxylic acids is 1. The van der Waals surface area contributed by atoms with Crippen molar-refractivity contribution in [2.24, 2.45) is 0 Å². The predicted octanol–water partition coefficient (Wildman–Crippen LogP) is 2.22. The average Bonchev–Trinajstić information content (AvgIpc) is 2.66. The molecule has 1 saturated carbocycles. The number of carbonyl (C=O) groups is 1. The molecule has 1 aliphatic rings. The van der Waals surface area contributed by atoms with Gasteiger partial charge in [-0.1, -0.05) is 30.8 Å². The van der Waals surface area contributed by atoms with E-state index in [0.29, 0.717) is 0 Å². The van der Waals surface area contributed by atoms with Crippen molar-refractivity contribution in [2.75, 3.05) is 0 Å². The smallest absolute Gasteiger partial charge is 0.269 e. The van der Waals surface area contributed by atoms with Gasteiger partial charge in [0.05, 0.1) is 6.10 Å². The number of ether oxygens (including phenoxy) is 1. The summed E-state index contributed by atoms with van der Waals surface area (Å²) in [5.74, 6) is -0.519. The Balaban J connectivity index is 2.00. The maximum atomic E-state index is 12.3. The summed E-state index contributed by atoms with van der Waals surface area (Å²) in [5, 5.41) is 3.60. The first kappa shape index (κ1) is 17.9. The Hall–Kier alpha value is -1.41. The molecular formula is C15H24N2O5S. The third-order valence-electron chi connectivity index (χ3n) is 4.04. The van der Waals surface area contributed by atoms with Crippen LogP contribution in [-0.4, -0.2) is 31.7 Å². The number of aromatic nitrogens is 1. The minimum absolute atomic E-state index is 0.0139. The Bertz CT molecular complexity index is 625. The molecule has 2 rings (SSSR count). The highest BCUT2D eigenvalue weighted by Crippen LogP contribution is 2.22. The van der Waals surface area contributed by atoms with E-state index in [1.54, 1.807) is 6.92 Å². The lowest BCUT2D eigenvalue weighted by molar-refractivity contribution is -0.133. The van der Waals surface area contributed by atoms with Crippen molar-refractivity contribution in [1.82, 2.24) is 9.88 Å². The molecular weight excluding hydrogens is 320 g/mol. The van der Waals surface area contributed by atoms with Gasteiger partial charge in [0.1, 0.15) is 11.8 Å². The maximum Gasteiger partial charge on any atom is 0.269 e. The molecule has 0 saturated heterocycles. The first-order valence-corrected chi connectivity index (χ1v) is 9.44.